The molecule has 1 saturated heterocycles. The lowest BCUT2D eigenvalue weighted by Gasteiger charge is -2.26. The van der Waals surface area contributed by atoms with Crippen LogP contribution < -0.4 is 15.8 Å². The van der Waals surface area contributed by atoms with Crippen LogP contribution in [0.5, 0.6) is 5.75 Å². The Labute approximate surface area is 254 Å². The molecule has 0 unspecified atom stereocenters. The van der Waals surface area contributed by atoms with E-state index in [9.17, 15) is 9.90 Å². The zero-order valence-electron chi connectivity index (χ0n) is 24.1. The molecule has 4 N–H and O–H groups in total. The van der Waals surface area contributed by atoms with Crippen molar-refractivity contribution in [3.8, 4) is 17.1 Å². The van der Waals surface area contributed by atoms with E-state index < -0.39 is 0 Å². The average Bonchev–Trinajstić information content (AvgIpc) is 3.47. The molecule has 0 radical (unpaired) electrons. The van der Waals surface area contributed by atoms with E-state index in [2.05, 4.69) is 25.2 Å². The molecule has 4 aromatic rings. The van der Waals surface area contributed by atoms with E-state index in [1.807, 2.05) is 36.4 Å². The summed E-state index contributed by atoms with van der Waals surface area (Å²) in [5.41, 5.74) is 10.00. The number of rotatable bonds is 10. The number of fused-ring (bicyclic) bond motifs is 1. The van der Waals surface area contributed by atoms with Crippen molar-refractivity contribution in [1.29, 1.82) is 0 Å². The Bertz CT molecular complexity index is 1550. The van der Waals surface area contributed by atoms with Crippen molar-refractivity contribution in [1.82, 2.24) is 19.9 Å². The number of ether oxygens (including phenoxy) is 2. The van der Waals surface area contributed by atoms with E-state index in [-0.39, 0.29) is 18.5 Å². The molecule has 10 nitrogen and oxygen atoms in total. The number of nitrogens with two attached hydrogens (primary N) is 1. The highest BCUT2D eigenvalue weighted by Crippen LogP contribution is 2.32. The number of nitrogen functional groups attached to an aromatic ring is 1. The third-order valence-corrected chi connectivity index (χ3v) is 9.04. The van der Waals surface area contributed by atoms with E-state index in [0.717, 1.165) is 69.8 Å². The lowest BCUT2D eigenvalue weighted by Crippen LogP contribution is -2.38. The van der Waals surface area contributed by atoms with Gasteiger partial charge in [-0.15, -0.1) is 11.3 Å². The number of thiophene rings is 1. The van der Waals surface area contributed by atoms with Crippen LogP contribution in [0, 0.1) is 0 Å². The SMILES string of the molecule is Nc1nc(Cc2ccc(OCCN3CCOCC3)cc2)nc(-c2cccc(NC(=O)c3cc4c(s3)CCCC4)c2CO)n1. The van der Waals surface area contributed by atoms with E-state index in [4.69, 9.17) is 15.2 Å². The fourth-order valence-corrected chi connectivity index (χ4v) is 6.66. The summed E-state index contributed by atoms with van der Waals surface area (Å²) >= 11 is 1.55. The fraction of sp³-hybridized carbons (Fsp3) is 0.375. The number of nitrogens with one attached hydrogen (secondary N) is 1. The van der Waals surface area contributed by atoms with E-state index >= 15 is 0 Å². The molecule has 1 aliphatic carbocycles. The molecule has 11 heteroatoms. The Morgan fingerprint density at radius 1 is 1.07 bits per heavy atom. The van der Waals surface area contributed by atoms with Gasteiger partial charge in [-0.2, -0.15) is 9.97 Å². The smallest absolute Gasteiger partial charge is 0.265 e. The number of nitrogens with zero attached hydrogens (tertiary/aromatic N) is 4. The second-order valence-electron chi connectivity index (χ2n) is 10.8. The molecule has 3 heterocycles. The molecule has 2 aromatic heterocycles. The Morgan fingerprint density at radius 2 is 1.88 bits per heavy atom. The topological polar surface area (TPSA) is 136 Å². The number of amides is 1. The van der Waals surface area contributed by atoms with Gasteiger partial charge in [0.1, 0.15) is 18.2 Å². The first-order valence-electron chi connectivity index (χ1n) is 14.7. The van der Waals surface area contributed by atoms with E-state index in [1.54, 1.807) is 23.5 Å². The van der Waals surface area contributed by atoms with Crippen LogP contribution in [0.25, 0.3) is 11.4 Å². The van der Waals surface area contributed by atoms with Crippen molar-refractivity contribution in [3.63, 3.8) is 0 Å². The number of carbonyl (C=O) groups excluding carboxylic acids is 1. The second kappa shape index (κ2) is 13.6. The highest BCUT2D eigenvalue weighted by molar-refractivity contribution is 7.14. The van der Waals surface area contributed by atoms with Crippen LogP contribution in [-0.2, 0) is 30.6 Å². The molecular weight excluding hydrogens is 564 g/mol. The number of benzene rings is 2. The average molecular weight is 601 g/mol. The van der Waals surface area contributed by atoms with Gasteiger partial charge in [0, 0.05) is 47.7 Å². The summed E-state index contributed by atoms with van der Waals surface area (Å²) in [4.78, 5) is 30.9. The molecule has 1 aliphatic heterocycles. The molecule has 6 rings (SSSR count). The molecule has 2 aliphatic rings. The van der Waals surface area contributed by atoms with Crippen molar-refractivity contribution < 1.29 is 19.4 Å². The van der Waals surface area contributed by atoms with Gasteiger partial charge in [-0.1, -0.05) is 24.3 Å². The first kappa shape index (κ1) is 29.2. The summed E-state index contributed by atoms with van der Waals surface area (Å²) in [6, 6.07) is 15.3. The maximum Gasteiger partial charge on any atom is 0.265 e. The fourth-order valence-electron chi connectivity index (χ4n) is 5.51. The Morgan fingerprint density at radius 3 is 2.67 bits per heavy atom. The standard InChI is InChI=1S/C32H36N6O4S/c33-32-36-29(18-21-8-10-23(11-9-21)42-17-14-38-12-15-41-16-13-38)35-30(37-32)24-5-3-6-26(25(24)20-39)34-31(40)28-19-22-4-1-2-7-27(22)43-28/h3,5-6,8-11,19,39H,1-2,4,7,12-18,20H2,(H,34,40)(H2,33,35,36,37). The maximum absolute atomic E-state index is 13.2. The van der Waals surface area contributed by atoms with Crippen molar-refractivity contribution in [2.45, 2.75) is 38.7 Å². The van der Waals surface area contributed by atoms with Gasteiger partial charge >= 0.3 is 0 Å². The zero-order chi connectivity index (χ0) is 29.6. The largest absolute Gasteiger partial charge is 0.492 e. The number of hydrogen-bond acceptors (Lipinski definition) is 10. The predicted molar refractivity (Wildman–Crippen MR) is 167 cm³/mol. The summed E-state index contributed by atoms with van der Waals surface area (Å²) in [5, 5.41) is 13.3. The van der Waals surface area contributed by atoms with Crippen LogP contribution in [0.15, 0.2) is 48.5 Å². The molecule has 2 aromatic carbocycles. The zero-order valence-corrected chi connectivity index (χ0v) is 24.9. The first-order chi connectivity index (χ1) is 21.1. The van der Waals surface area contributed by atoms with E-state index in [1.165, 1.54) is 10.4 Å². The van der Waals surface area contributed by atoms with Gasteiger partial charge in [0.15, 0.2) is 5.82 Å². The van der Waals surface area contributed by atoms with Crippen molar-refractivity contribution in [2.75, 3.05) is 50.5 Å². The van der Waals surface area contributed by atoms with Gasteiger partial charge < -0.3 is 25.6 Å². The summed E-state index contributed by atoms with van der Waals surface area (Å²) < 4.78 is 11.3. The van der Waals surface area contributed by atoms with Crippen LogP contribution in [0.2, 0.25) is 0 Å². The van der Waals surface area contributed by atoms with Gasteiger partial charge in [0.05, 0.1) is 24.7 Å². The van der Waals surface area contributed by atoms with E-state index in [0.29, 0.717) is 46.4 Å². The number of aliphatic hydroxyl groups excluding tert-OH is 1. The normalized spacial score (nSPS) is 15.2. The molecule has 0 bridgehead atoms. The first-order valence-corrected chi connectivity index (χ1v) is 15.6. The Kier molecular flexibility index (Phi) is 9.23. The number of morpholine rings is 1. The molecule has 0 saturated carbocycles. The Hall–Kier alpha value is -3.90. The second-order valence-corrected chi connectivity index (χ2v) is 11.9. The summed E-state index contributed by atoms with van der Waals surface area (Å²) in [7, 11) is 0. The van der Waals surface area contributed by atoms with Gasteiger partial charge in [0.2, 0.25) is 5.95 Å². The highest BCUT2D eigenvalue weighted by Gasteiger charge is 2.20. The van der Waals surface area contributed by atoms with Gasteiger partial charge in [0.25, 0.3) is 5.91 Å². The van der Waals surface area contributed by atoms with Gasteiger partial charge in [-0.3, -0.25) is 9.69 Å². The van der Waals surface area contributed by atoms with Crippen LogP contribution >= 0.6 is 11.3 Å². The number of hydrogen-bond donors (Lipinski definition) is 3. The van der Waals surface area contributed by atoms with Gasteiger partial charge in [-0.05, 0) is 61.1 Å². The quantitative estimate of drug-likeness (QED) is 0.246. The summed E-state index contributed by atoms with van der Waals surface area (Å²) in [5.74, 6) is 1.56. The number of anilines is 2. The minimum atomic E-state index is -0.305. The summed E-state index contributed by atoms with van der Waals surface area (Å²) in [6.07, 6.45) is 4.82. The van der Waals surface area contributed by atoms with Crippen molar-refractivity contribution in [2.24, 2.45) is 0 Å². The Balaban J connectivity index is 1.14. The van der Waals surface area contributed by atoms with Gasteiger partial charge in [-0.25, -0.2) is 4.98 Å². The van der Waals surface area contributed by atoms with Crippen LogP contribution in [0.1, 0.15) is 49.9 Å². The molecule has 224 valence electrons. The third-order valence-electron chi connectivity index (χ3n) is 7.81. The minimum absolute atomic E-state index is 0.0885. The number of aromatic nitrogens is 3. The van der Waals surface area contributed by atoms with Crippen molar-refractivity contribution in [3.05, 3.63) is 80.8 Å². The van der Waals surface area contributed by atoms with Crippen LogP contribution in [0.4, 0.5) is 11.6 Å². The number of aryl methyl sites for hydroxylation is 2. The number of carbonyl (C=O) groups is 1. The lowest BCUT2D eigenvalue weighted by atomic mass is 9.99. The van der Waals surface area contributed by atoms with Crippen LogP contribution in [0.3, 0.4) is 0 Å². The molecule has 1 fully saturated rings. The number of aliphatic hydroxyl groups is 1. The monoisotopic (exact) mass is 600 g/mol. The van der Waals surface area contributed by atoms with Crippen molar-refractivity contribution >= 4 is 28.9 Å². The predicted octanol–water partition coefficient (Wildman–Crippen LogP) is 4.11. The van der Waals surface area contributed by atoms with Crippen LogP contribution in [-0.4, -0.2) is 70.3 Å². The highest BCUT2D eigenvalue weighted by atomic mass is 32.1. The maximum atomic E-state index is 13.2. The lowest BCUT2D eigenvalue weighted by molar-refractivity contribution is 0.0322. The minimum Gasteiger partial charge on any atom is -0.492 e. The molecule has 43 heavy (non-hydrogen) atoms. The molecule has 0 spiro atoms. The molecule has 0 atom stereocenters. The molecule has 1 amide bonds. The molecular formula is C32H36N6O4S. The summed E-state index contributed by atoms with van der Waals surface area (Å²) in [6.45, 7) is 4.62. The third kappa shape index (κ3) is 7.19.